The van der Waals surface area contributed by atoms with Crippen molar-refractivity contribution < 1.29 is 17.7 Å². The Bertz CT molecular complexity index is 7180. The van der Waals surface area contributed by atoms with Gasteiger partial charge in [0.25, 0.3) is 0 Å². The summed E-state index contributed by atoms with van der Waals surface area (Å²) in [6.45, 7) is 6.39. The summed E-state index contributed by atoms with van der Waals surface area (Å²) < 4.78 is 30.9. The first-order chi connectivity index (χ1) is 50.8. The highest BCUT2D eigenvalue weighted by Crippen LogP contribution is 2.43. The molecule has 0 radical (unpaired) electrons. The zero-order valence-electron chi connectivity index (χ0n) is 55.3. The van der Waals surface area contributed by atoms with Gasteiger partial charge in [0.1, 0.15) is 44.7 Å². The van der Waals surface area contributed by atoms with E-state index in [0.717, 1.165) is 182 Å². The number of hydrogen-bond donors (Lipinski definition) is 0. The largest absolute Gasteiger partial charge is 0.456 e. The molecule has 0 spiro atoms. The molecule has 0 aliphatic heterocycles. The number of hydrogen-bond acceptors (Lipinski definition) is 8. The second-order valence-corrected chi connectivity index (χ2v) is 26.4. The van der Waals surface area contributed by atoms with Gasteiger partial charge in [-0.2, -0.15) is 0 Å². The van der Waals surface area contributed by atoms with Gasteiger partial charge < -0.3 is 26.8 Å². The first kappa shape index (κ1) is 58.0. The minimum atomic E-state index is 0.514. The van der Waals surface area contributed by atoms with Crippen LogP contribution in [0, 0.1) is 0 Å². The lowest BCUT2D eigenvalue weighted by Crippen LogP contribution is -2.04. The fourth-order valence-electron chi connectivity index (χ4n) is 15.4. The van der Waals surface area contributed by atoms with Gasteiger partial charge in [0, 0.05) is 116 Å². The number of rotatable bonds is 10. The van der Waals surface area contributed by atoms with Crippen LogP contribution in [-0.2, 0) is 0 Å². The Balaban J connectivity index is 0.635. The molecule has 0 aliphatic carbocycles. The molecular formula is C92H55N7O4. The fourth-order valence-corrected chi connectivity index (χ4v) is 15.4. The average molecular weight is 1320 g/mol. The third-order valence-corrected chi connectivity index (χ3v) is 20.3. The lowest BCUT2D eigenvalue weighted by Gasteiger charge is -2.11. The number of aliphatic imine (C=N–C) groups is 2. The van der Waals surface area contributed by atoms with Gasteiger partial charge in [-0.3, -0.25) is 0 Å². The molecule has 0 N–H and O–H groups in total. The van der Waals surface area contributed by atoms with Crippen LogP contribution in [0.15, 0.2) is 338 Å². The molecule has 11 nitrogen and oxygen atoms in total. The zero-order chi connectivity index (χ0) is 68.0. The summed E-state index contributed by atoms with van der Waals surface area (Å²) in [7, 11) is 0. The summed E-state index contributed by atoms with van der Waals surface area (Å²) in [6.07, 6.45) is 0. The summed E-state index contributed by atoms with van der Waals surface area (Å²) in [6, 6.07) is 105. The molecule has 14 aromatic carbocycles. The molecule has 0 fully saturated rings. The molecule has 21 aromatic rings. The van der Waals surface area contributed by atoms with Gasteiger partial charge in [-0.15, -0.1) is 0 Å². The fraction of sp³-hybridized carbons (Fsp3) is 0.0109. The van der Waals surface area contributed by atoms with Crippen LogP contribution in [0.1, 0.15) is 23.6 Å². The number of para-hydroxylation sites is 5. The highest BCUT2D eigenvalue weighted by atomic mass is 16.3. The van der Waals surface area contributed by atoms with Gasteiger partial charge in [0.2, 0.25) is 0 Å². The number of aromatic nitrogens is 5. The van der Waals surface area contributed by atoms with Crippen molar-refractivity contribution in [3.63, 3.8) is 0 Å². The Kier molecular flexibility index (Phi) is 12.8. The lowest BCUT2D eigenvalue weighted by molar-refractivity contribution is 0.668. The molecule has 0 atom stereocenters. The maximum Gasteiger partial charge on any atom is 0.164 e. The molecule has 482 valence electrons. The number of nitrogens with zero attached hydrogens (tertiary/aromatic N) is 7. The van der Waals surface area contributed by atoms with Crippen LogP contribution in [0.5, 0.6) is 0 Å². The van der Waals surface area contributed by atoms with Crippen LogP contribution in [0.2, 0.25) is 0 Å². The Morgan fingerprint density at radius 2 is 0.757 bits per heavy atom. The van der Waals surface area contributed by atoms with E-state index in [4.69, 9.17) is 42.6 Å². The van der Waals surface area contributed by atoms with Crippen molar-refractivity contribution in [1.82, 2.24) is 24.1 Å². The van der Waals surface area contributed by atoms with E-state index < -0.39 is 0 Å². The van der Waals surface area contributed by atoms with Crippen molar-refractivity contribution in [1.29, 1.82) is 0 Å². The van der Waals surface area contributed by atoms with E-state index in [0.29, 0.717) is 29.0 Å². The molecule has 21 rings (SSSR count). The van der Waals surface area contributed by atoms with Crippen LogP contribution in [-0.4, -0.2) is 35.6 Å². The third kappa shape index (κ3) is 9.40. The van der Waals surface area contributed by atoms with Gasteiger partial charge in [-0.1, -0.05) is 176 Å². The molecule has 0 saturated heterocycles. The third-order valence-electron chi connectivity index (χ3n) is 20.3. The number of furan rings is 4. The number of fused-ring (bicyclic) bond motifs is 18. The average Bonchev–Trinajstić information content (AvgIpc) is 1.61. The van der Waals surface area contributed by atoms with Crippen molar-refractivity contribution in [3.8, 4) is 56.7 Å². The van der Waals surface area contributed by atoms with Crippen molar-refractivity contribution in [2.24, 2.45) is 9.98 Å². The van der Waals surface area contributed by atoms with E-state index in [1.165, 1.54) is 10.8 Å². The molecule has 0 saturated carbocycles. The predicted octanol–water partition coefficient (Wildman–Crippen LogP) is 24.3. The van der Waals surface area contributed by atoms with Gasteiger partial charge in [-0.05, 0) is 151 Å². The van der Waals surface area contributed by atoms with Crippen LogP contribution >= 0.6 is 0 Å². The summed E-state index contributed by atoms with van der Waals surface area (Å²) in [5.74, 6) is 2.11. The van der Waals surface area contributed by atoms with Crippen LogP contribution < -0.4 is 0 Å². The lowest BCUT2D eigenvalue weighted by atomic mass is 10.0. The van der Waals surface area contributed by atoms with Crippen LogP contribution in [0.3, 0.4) is 0 Å². The smallest absolute Gasteiger partial charge is 0.164 e. The first-order valence-corrected chi connectivity index (χ1v) is 34.4. The van der Waals surface area contributed by atoms with Crippen molar-refractivity contribution in [2.75, 3.05) is 0 Å². The Hall–Kier alpha value is -14.0. The minimum absolute atomic E-state index is 0.514. The quantitative estimate of drug-likeness (QED) is 0.0986. The van der Waals surface area contributed by atoms with Crippen LogP contribution in [0.25, 0.3) is 194 Å². The maximum atomic E-state index is 6.84. The molecule has 0 unspecified atom stereocenters. The molecule has 0 amide bonds. The van der Waals surface area contributed by atoms with E-state index in [1.807, 2.05) is 97.9 Å². The van der Waals surface area contributed by atoms with Crippen molar-refractivity contribution >= 4 is 149 Å². The van der Waals surface area contributed by atoms with Crippen LogP contribution in [0.4, 0.5) is 0 Å². The summed E-state index contributed by atoms with van der Waals surface area (Å²) in [4.78, 5) is 26.4. The standard InChI is InChI=1S/C92H55N7O4/c1-53(55-18-4-3-5-19-55)93-89(60-37-45-82-75(48-60)67-25-9-14-31-80(67)100-82)94-54(2)56-34-40-68-70-43-39-63(52-86(70)102-84(68)49-56)99-78-30-13-8-24-66(78)74-47-58(36-44-79(74)99)57-20-16-21-59(46-57)90-95-91(97-92(96-90)73-27-17-33-83-88(73)72-26-10-15-32-81(72)101-83)61-35-41-69-71-42-38-62(51-87(71)103-85(69)50-61)98-76-28-11-6-22-64(76)65-23-7-12-29-77(65)98/h3-52H,1H2,2H3/b93-89-,94-54+. The monoisotopic (exact) mass is 1320 g/mol. The van der Waals surface area contributed by atoms with Crippen molar-refractivity contribution in [3.05, 3.63) is 327 Å². The molecule has 11 heteroatoms. The van der Waals surface area contributed by atoms with E-state index in [-0.39, 0.29) is 0 Å². The van der Waals surface area contributed by atoms with E-state index in [2.05, 4.69) is 228 Å². The molecular weight excluding hydrogens is 1270 g/mol. The summed E-state index contributed by atoms with van der Waals surface area (Å²) >= 11 is 0. The second-order valence-electron chi connectivity index (χ2n) is 26.4. The first-order valence-electron chi connectivity index (χ1n) is 34.4. The van der Waals surface area contributed by atoms with Gasteiger partial charge >= 0.3 is 0 Å². The normalized spacial score (nSPS) is 12.5. The zero-order valence-corrected chi connectivity index (χ0v) is 55.3. The van der Waals surface area contributed by atoms with E-state index >= 15 is 0 Å². The SMILES string of the molecule is C=C(/N=C(\N=C(/C)c1ccc2c(c1)oc1cc(-n3c4ccccc4c4cc(-c5cccc(-c6nc(-c7ccc8c(c7)oc7cc(-n9c%10ccccc%10c%10ccccc%109)ccc78)nc(-c7cccc8oc9ccccc9c78)n6)c5)ccc43)ccc12)c1ccc2oc3ccccc3c2c1)c1ccccc1. The predicted molar refractivity (Wildman–Crippen MR) is 420 cm³/mol. The number of benzene rings is 14. The highest BCUT2D eigenvalue weighted by molar-refractivity contribution is 6.18. The Morgan fingerprint density at radius 1 is 0.291 bits per heavy atom. The second kappa shape index (κ2) is 22.8. The molecule has 103 heavy (non-hydrogen) atoms. The van der Waals surface area contributed by atoms with Crippen molar-refractivity contribution in [2.45, 2.75) is 6.92 Å². The maximum absolute atomic E-state index is 6.84. The minimum Gasteiger partial charge on any atom is -0.456 e. The Labute approximate surface area is 587 Å². The molecule has 0 aliphatic rings. The summed E-state index contributed by atoms with van der Waals surface area (Å²) in [5, 5.41) is 12.7. The van der Waals surface area contributed by atoms with E-state index in [1.54, 1.807) is 0 Å². The topological polar surface area (TPSA) is 126 Å². The van der Waals surface area contributed by atoms with Gasteiger partial charge in [0.15, 0.2) is 23.3 Å². The van der Waals surface area contributed by atoms with Gasteiger partial charge in [0.05, 0.1) is 27.8 Å². The summed E-state index contributed by atoms with van der Waals surface area (Å²) in [5.41, 5.74) is 21.3. The molecule has 7 heterocycles. The molecule has 0 bridgehead atoms. The Morgan fingerprint density at radius 3 is 1.46 bits per heavy atom. The highest BCUT2D eigenvalue weighted by Gasteiger charge is 2.23. The number of amidine groups is 1. The molecule has 7 aromatic heterocycles. The van der Waals surface area contributed by atoms with Gasteiger partial charge in [-0.25, -0.2) is 24.9 Å². The van der Waals surface area contributed by atoms with E-state index in [9.17, 15) is 0 Å².